The summed E-state index contributed by atoms with van der Waals surface area (Å²) in [6.45, 7) is 3.72. The van der Waals surface area contributed by atoms with Crippen molar-refractivity contribution in [1.29, 1.82) is 0 Å². The molecule has 88 valence electrons. The Morgan fingerprint density at radius 1 is 1.29 bits per heavy atom. The van der Waals surface area contributed by atoms with E-state index in [9.17, 15) is 4.79 Å². The molecular weight excluding hydrogens is 240 g/mol. The van der Waals surface area contributed by atoms with Crippen molar-refractivity contribution < 1.29 is 9.21 Å². The molecule has 0 aliphatic heterocycles. The van der Waals surface area contributed by atoms with E-state index in [1.807, 2.05) is 19.9 Å². The average Bonchev–Trinajstić information content (AvgIpc) is 2.69. The van der Waals surface area contributed by atoms with Gasteiger partial charge in [0.05, 0.1) is 11.4 Å². The Labute approximate surface area is 104 Å². The zero-order valence-corrected chi connectivity index (χ0v) is 10.2. The Bertz CT molecular complexity index is 563. The Morgan fingerprint density at radius 2 is 2.06 bits per heavy atom. The fraction of sp³-hybridized carbons (Fsp3) is 0.167. The lowest BCUT2D eigenvalue weighted by molar-refractivity contribution is 0.0996. The SMILES string of the molecule is Cc1ccc(NC(=O)c2ccc(Cl)o2)c(C)n1. The number of nitrogens with zero attached hydrogens (tertiary/aromatic N) is 1. The third kappa shape index (κ3) is 2.65. The Balaban J connectivity index is 2.18. The minimum absolute atomic E-state index is 0.176. The van der Waals surface area contributed by atoms with Crippen LogP contribution in [0.1, 0.15) is 21.9 Å². The maximum atomic E-state index is 11.8. The van der Waals surface area contributed by atoms with Crippen LogP contribution in [-0.2, 0) is 0 Å². The molecule has 0 fully saturated rings. The highest BCUT2D eigenvalue weighted by molar-refractivity contribution is 6.29. The zero-order valence-electron chi connectivity index (χ0n) is 9.45. The number of anilines is 1. The second-order valence-electron chi connectivity index (χ2n) is 3.64. The standard InChI is InChI=1S/C12H11ClN2O2/c1-7-3-4-9(8(2)14-7)15-12(16)10-5-6-11(13)17-10/h3-6H,1-2H3,(H,15,16). The number of aryl methyl sites for hydroxylation is 2. The van der Waals surface area contributed by atoms with Crippen LogP contribution in [0.5, 0.6) is 0 Å². The Kier molecular flexibility index (Phi) is 3.15. The van der Waals surface area contributed by atoms with E-state index in [4.69, 9.17) is 16.0 Å². The first-order valence-corrected chi connectivity index (χ1v) is 5.45. The number of nitrogens with one attached hydrogen (secondary N) is 1. The summed E-state index contributed by atoms with van der Waals surface area (Å²) in [5.74, 6) is -0.166. The van der Waals surface area contributed by atoms with Crippen LogP contribution < -0.4 is 5.32 Å². The second-order valence-corrected chi connectivity index (χ2v) is 4.02. The molecule has 0 saturated heterocycles. The van der Waals surface area contributed by atoms with Crippen LogP contribution >= 0.6 is 11.6 Å². The van der Waals surface area contributed by atoms with Gasteiger partial charge in [-0.25, -0.2) is 0 Å². The smallest absolute Gasteiger partial charge is 0.291 e. The third-order valence-electron chi connectivity index (χ3n) is 2.27. The molecule has 1 amide bonds. The van der Waals surface area contributed by atoms with Crippen LogP contribution in [0.15, 0.2) is 28.7 Å². The minimum atomic E-state index is -0.342. The van der Waals surface area contributed by atoms with Gasteiger partial charge in [0, 0.05) is 5.69 Å². The molecule has 0 atom stereocenters. The van der Waals surface area contributed by atoms with Gasteiger partial charge in [0.2, 0.25) is 0 Å². The summed E-state index contributed by atoms with van der Waals surface area (Å²) in [7, 11) is 0. The van der Waals surface area contributed by atoms with Crippen molar-refractivity contribution in [2.75, 3.05) is 5.32 Å². The van der Waals surface area contributed by atoms with Gasteiger partial charge in [0.25, 0.3) is 5.91 Å². The fourth-order valence-electron chi connectivity index (χ4n) is 1.44. The number of rotatable bonds is 2. The molecule has 2 aromatic rings. The van der Waals surface area contributed by atoms with Crippen molar-refractivity contribution in [1.82, 2.24) is 4.98 Å². The van der Waals surface area contributed by atoms with E-state index in [2.05, 4.69) is 10.3 Å². The highest BCUT2D eigenvalue weighted by atomic mass is 35.5. The molecule has 0 bridgehead atoms. The van der Waals surface area contributed by atoms with Crippen LogP contribution in [0.3, 0.4) is 0 Å². The van der Waals surface area contributed by atoms with Crippen molar-refractivity contribution in [3.63, 3.8) is 0 Å². The largest absolute Gasteiger partial charge is 0.440 e. The van der Waals surface area contributed by atoms with Crippen molar-refractivity contribution in [3.8, 4) is 0 Å². The van der Waals surface area contributed by atoms with Gasteiger partial charge in [-0.1, -0.05) is 0 Å². The molecule has 0 aliphatic carbocycles. The molecule has 2 rings (SSSR count). The molecule has 4 nitrogen and oxygen atoms in total. The molecule has 17 heavy (non-hydrogen) atoms. The summed E-state index contributed by atoms with van der Waals surface area (Å²) in [6, 6.07) is 6.68. The Hall–Kier alpha value is -1.81. The predicted molar refractivity (Wildman–Crippen MR) is 65.4 cm³/mol. The maximum absolute atomic E-state index is 11.8. The minimum Gasteiger partial charge on any atom is -0.440 e. The number of halogens is 1. The summed E-state index contributed by atoms with van der Waals surface area (Å²) >= 11 is 5.60. The van der Waals surface area contributed by atoms with E-state index in [1.54, 1.807) is 6.07 Å². The molecule has 0 aliphatic rings. The zero-order chi connectivity index (χ0) is 12.4. The number of carbonyl (C=O) groups excluding carboxylic acids is 1. The van der Waals surface area contributed by atoms with Gasteiger partial charge in [0.15, 0.2) is 11.0 Å². The molecule has 0 aromatic carbocycles. The molecule has 2 aromatic heterocycles. The first kappa shape index (κ1) is 11.7. The molecule has 0 unspecified atom stereocenters. The van der Waals surface area contributed by atoms with Gasteiger partial charge in [0.1, 0.15) is 0 Å². The highest BCUT2D eigenvalue weighted by Gasteiger charge is 2.12. The molecule has 1 N–H and O–H groups in total. The number of pyridine rings is 1. The molecule has 5 heteroatoms. The van der Waals surface area contributed by atoms with E-state index < -0.39 is 0 Å². The summed E-state index contributed by atoms with van der Waals surface area (Å²) in [6.07, 6.45) is 0. The van der Waals surface area contributed by atoms with Gasteiger partial charge in [-0.05, 0) is 49.7 Å². The van der Waals surface area contributed by atoms with E-state index in [-0.39, 0.29) is 16.9 Å². The molecule has 0 spiro atoms. The third-order valence-corrected chi connectivity index (χ3v) is 2.47. The van der Waals surface area contributed by atoms with Crippen molar-refractivity contribution >= 4 is 23.2 Å². The summed E-state index contributed by atoms with van der Waals surface area (Å²) in [5.41, 5.74) is 2.32. The fourth-order valence-corrected chi connectivity index (χ4v) is 1.59. The lowest BCUT2D eigenvalue weighted by Crippen LogP contribution is -2.12. The van der Waals surface area contributed by atoms with E-state index in [1.165, 1.54) is 12.1 Å². The lowest BCUT2D eigenvalue weighted by Gasteiger charge is -2.06. The number of hydrogen-bond acceptors (Lipinski definition) is 3. The van der Waals surface area contributed by atoms with Crippen LogP contribution in [0, 0.1) is 13.8 Å². The van der Waals surface area contributed by atoms with Crippen molar-refractivity contribution in [2.45, 2.75) is 13.8 Å². The number of hydrogen-bond donors (Lipinski definition) is 1. The highest BCUT2D eigenvalue weighted by Crippen LogP contribution is 2.17. The number of amides is 1. The maximum Gasteiger partial charge on any atom is 0.291 e. The molecule has 2 heterocycles. The summed E-state index contributed by atoms with van der Waals surface area (Å²) in [4.78, 5) is 16.0. The molecule has 0 saturated carbocycles. The molecule has 0 radical (unpaired) electrons. The van der Waals surface area contributed by atoms with Gasteiger partial charge in [-0.15, -0.1) is 0 Å². The van der Waals surface area contributed by atoms with E-state index >= 15 is 0 Å². The van der Waals surface area contributed by atoms with E-state index in [0.29, 0.717) is 5.69 Å². The number of furan rings is 1. The first-order chi connectivity index (χ1) is 8.06. The normalized spacial score (nSPS) is 10.3. The van der Waals surface area contributed by atoms with Crippen molar-refractivity contribution in [3.05, 3.63) is 46.6 Å². The van der Waals surface area contributed by atoms with Gasteiger partial charge < -0.3 is 9.73 Å². The Morgan fingerprint density at radius 3 is 2.65 bits per heavy atom. The summed E-state index contributed by atoms with van der Waals surface area (Å²) < 4.78 is 5.01. The molecular formula is C12H11ClN2O2. The summed E-state index contributed by atoms with van der Waals surface area (Å²) in [5, 5.41) is 2.90. The average molecular weight is 251 g/mol. The monoisotopic (exact) mass is 250 g/mol. The first-order valence-electron chi connectivity index (χ1n) is 5.07. The van der Waals surface area contributed by atoms with Crippen LogP contribution in [0.2, 0.25) is 5.22 Å². The van der Waals surface area contributed by atoms with Crippen LogP contribution in [0.4, 0.5) is 5.69 Å². The van der Waals surface area contributed by atoms with Gasteiger partial charge >= 0.3 is 0 Å². The number of carbonyl (C=O) groups is 1. The van der Waals surface area contributed by atoms with Crippen LogP contribution in [-0.4, -0.2) is 10.9 Å². The predicted octanol–water partition coefficient (Wildman–Crippen LogP) is 3.20. The quantitative estimate of drug-likeness (QED) is 0.891. The van der Waals surface area contributed by atoms with Gasteiger partial charge in [-0.2, -0.15) is 0 Å². The lowest BCUT2D eigenvalue weighted by atomic mass is 10.2. The van der Waals surface area contributed by atoms with Gasteiger partial charge in [-0.3, -0.25) is 9.78 Å². The van der Waals surface area contributed by atoms with Crippen LogP contribution in [0.25, 0.3) is 0 Å². The number of aromatic nitrogens is 1. The van der Waals surface area contributed by atoms with Crippen molar-refractivity contribution in [2.24, 2.45) is 0 Å². The topological polar surface area (TPSA) is 55.1 Å². The second kappa shape index (κ2) is 4.59. The van der Waals surface area contributed by atoms with E-state index in [0.717, 1.165) is 11.4 Å².